The molecule has 0 unspecified atom stereocenters. The molecule has 4 heteroatoms. The molecular formula is C9H9BrN2O. The normalized spacial score (nSPS) is 10.6. The van der Waals surface area contributed by atoms with Gasteiger partial charge in [0.15, 0.2) is 5.78 Å². The maximum atomic E-state index is 10.7. The fraction of sp³-hybridized carbons (Fsp3) is 0.111. The van der Waals surface area contributed by atoms with Crippen LogP contribution in [0.5, 0.6) is 0 Å². The van der Waals surface area contributed by atoms with E-state index in [1.54, 1.807) is 18.5 Å². The quantitative estimate of drug-likeness (QED) is 0.806. The van der Waals surface area contributed by atoms with Crippen LogP contribution in [-0.2, 0) is 4.79 Å². The molecule has 68 valence electrons. The average Bonchev–Trinajstić information content (AvgIpc) is 2.07. The molecule has 0 radical (unpaired) electrons. The monoisotopic (exact) mass is 240 g/mol. The van der Waals surface area contributed by atoms with E-state index in [-0.39, 0.29) is 5.78 Å². The van der Waals surface area contributed by atoms with Crippen molar-refractivity contribution in [2.45, 2.75) is 6.92 Å². The molecule has 0 saturated heterocycles. The summed E-state index contributed by atoms with van der Waals surface area (Å²) in [5, 5.41) is 0. The van der Waals surface area contributed by atoms with E-state index in [1.165, 1.54) is 13.0 Å². The van der Waals surface area contributed by atoms with Crippen molar-refractivity contribution in [3.05, 3.63) is 28.5 Å². The molecule has 1 aromatic heterocycles. The predicted octanol–water partition coefficient (Wildman–Crippen LogP) is 2.03. The standard InChI is InChI=1S/C9H9BrN2O/c1-6(13)2-3-7-4-12-5-8(10)9(7)11/h2-5H,1H3,(H2,11,12)/b3-2+. The van der Waals surface area contributed by atoms with Gasteiger partial charge in [-0.15, -0.1) is 0 Å². The smallest absolute Gasteiger partial charge is 0.152 e. The fourth-order valence-electron chi connectivity index (χ4n) is 0.800. The Morgan fingerprint density at radius 2 is 2.31 bits per heavy atom. The molecule has 0 aliphatic carbocycles. The number of halogens is 1. The number of anilines is 1. The highest BCUT2D eigenvalue weighted by atomic mass is 79.9. The minimum atomic E-state index is -0.0145. The Labute approximate surface area is 84.8 Å². The maximum Gasteiger partial charge on any atom is 0.152 e. The summed E-state index contributed by atoms with van der Waals surface area (Å²) in [5.41, 5.74) is 7.05. The van der Waals surface area contributed by atoms with Crippen molar-refractivity contribution in [3.63, 3.8) is 0 Å². The van der Waals surface area contributed by atoms with Crippen molar-refractivity contribution >= 4 is 33.5 Å². The van der Waals surface area contributed by atoms with Crippen LogP contribution in [0, 0.1) is 0 Å². The van der Waals surface area contributed by atoms with Crippen LogP contribution in [0.25, 0.3) is 6.08 Å². The number of hydrogen-bond acceptors (Lipinski definition) is 3. The van der Waals surface area contributed by atoms with E-state index in [1.807, 2.05) is 0 Å². The van der Waals surface area contributed by atoms with Crippen molar-refractivity contribution in [3.8, 4) is 0 Å². The molecule has 1 rings (SSSR count). The van der Waals surface area contributed by atoms with Gasteiger partial charge in [0.1, 0.15) is 0 Å². The van der Waals surface area contributed by atoms with E-state index in [0.717, 1.165) is 10.0 Å². The lowest BCUT2D eigenvalue weighted by Gasteiger charge is -2.00. The molecule has 2 N–H and O–H groups in total. The van der Waals surface area contributed by atoms with E-state index in [0.29, 0.717) is 5.69 Å². The predicted molar refractivity (Wildman–Crippen MR) is 56.1 cm³/mol. The first-order chi connectivity index (χ1) is 6.11. The van der Waals surface area contributed by atoms with Crippen LogP contribution in [-0.4, -0.2) is 10.8 Å². The third kappa shape index (κ3) is 2.66. The number of nitrogen functional groups attached to an aromatic ring is 1. The van der Waals surface area contributed by atoms with Crippen LogP contribution in [0.4, 0.5) is 5.69 Å². The van der Waals surface area contributed by atoms with Crippen LogP contribution >= 0.6 is 15.9 Å². The summed E-state index contributed by atoms with van der Waals surface area (Å²) in [6.07, 6.45) is 6.33. The zero-order valence-electron chi connectivity index (χ0n) is 7.12. The highest BCUT2D eigenvalue weighted by Gasteiger charge is 1.99. The Hall–Kier alpha value is -1.16. The van der Waals surface area contributed by atoms with Crippen LogP contribution in [0.1, 0.15) is 12.5 Å². The van der Waals surface area contributed by atoms with Gasteiger partial charge < -0.3 is 5.73 Å². The largest absolute Gasteiger partial charge is 0.397 e. The first-order valence-electron chi connectivity index (χ1n) is 3.69. The number of carbonyl (C=O) groups excluding carboxylic acids is 1. The summed E-state index contributed by atoms with van der Waals surface area (Å²) in [6, 6.07) is 0. The number of nitrogens with zero attached hydrogens (tertiary/aromatic N) is 1. The van der Waals surface area contributed by atoms with Gasteiger partial charge in [0.2, 0.25) is 0 Å². The Kier molecular flexibility index (Phi) is 3.19. The van der Waals surface area contributed by atoms with Crippen LogP contribution < -0.4 is 5.73 Å². The van der Waals surface area contributed by atoms with Gasteiger partial charge >= 0.3 is 0 Å². The summed E-state index contributed by atoms with van der Waals surface area (Å²) >= 11 is 3.25. The first-order valence-corrected chi connectivity index (χ1v) is 4.48. The van der Waals surface area contributed by atoms with E-state index in [2.05, 4.69) is 20.9 Å². The molecule has 0 aromatic carbocycles. The second kappa shape index (κ2) is 4.18. The topological polar surface area (TPSA) is 56.0 Å². The van der Waals surface area contributed by atoms with Crippen molar-refractivity contribution in [2.24, 2.45) is 0 Å². The Morgan fingerprint density at radius 3 is 2.92 bits per heavy atom. The van der Waals surface area contributed by atoms with Gasteiger partial charge in [-0.2, -0.15) is 0 Å². The van der Waals surface area contributed by atoms with Gasteiger partial charge in [0.05, 0.1) is 10.2 Å². The lowest BCUT2D eigenvalue weighted by molar-refractivity contribution is -0.112. The highest BCUT2D eigenvalue weighted by molar-refractivity contribution is 9.10. The molecule has 0 atom stereocenters. The molecule has 13 heavy (non-hydrogen) atoms. The number of rotatable bonds is 2. The second-order valence-corrected chi connectivity index (χ2v) is 3.42. The minimum absolute atomic E-state index is 0.0145. The molecule has 1 heterocycles. The molecule has 0 aliphatic rings. The number of carbonyl (C=O) groups is 1. The molecule has 0 aliphatic heterocycles. The number of nitrogens with two attached hydrogens (primary N) is 1. The Balaban J connectivity index is 3.02. The lowest BCUT2D eigenvalue weighted by atomic mass is 10.2. The molecule has 0 amide bonds. The number of aromatic nitrogens is 1. The SMILES string of the molecule is CC(=O)/C=C/c1cncc(Br)c1N. The van der Waals surface area contributed by atoms with Crippen molar-refractivity contribution in [1.29, 1.82) is 0 Å². The lowest BCUT2D eigenvalue weighted by Crippen LogP contribution is -1.92. The van der Waals surface area contributed by atoms with Crippen LogP contribution in [0.2, 0.25) is 0 Å². The highest BCUT2D eigenvalue weighted by Crippen LogP contribution is 2.22. The third-order valence-corrected chi connectivity index (χ3v) is 2.10. The minimum Gasteiger partial charge on any atom is -0.397 e. The van der Waals surface area contributed by atoms with E-state index >= 15 is 0 Å². The zero-order chi connectivity index (χ0) is 9.84. The summed E-state index contributed by atoms with van der Waals surface area (Å²) < 4.78 is 0.734. The van der Waals surface area contributed by atoms with Gasteiger partial charge in [-0.1, -0.05) is 0 Å². The summed E-state index contributed by atoms with van der Waals surface area (Å²) in [7, 11) is 0. The summed E-state index contributed by atoms with van der Waals surface area (Å²) in [4.78, 5) is 14.6. The Bertz CT molecular complexity index is 361. The van der Waals surface area contributed by atoms with Crippen LogP contribution in [0.15, 0.2) is 22.9 Å². The van der Waals surface area contributed by atoms with E-state index in [9.17, 15) is 4.79 Å². The first kappa shape index (κ1) is 9.92. The maximum absolute atomic E-state index is 10.7. The number of allylic oxidation sites excluding steroid dienone is 1. The van der Waals surface area contributed by atoms with Crippen LogP contribution in [0.3, 0.4) is 0 Å². The van der Waals surface area contributed by atoms with Gasteiger partial charge in [0, 0.05) is 18.0 Å². The van der Waals surface area contributed by atoms with E-state index in [4.69, 9.17) is 5.73 Å². The van der Waals surface area contributed by atoms with Crippen molar-refractivity contribution < 1.29 is 4.79 Å². The fourth-order valence-corrected chi connectivity index (χ4v) is 1.15. The van der Waals surface area contributed by atoms with Crippen molar-refractivity contribution in [1.82, 2.24) is 4.98 Å². The van der Waals surface area contributed by atoms with E-state index < -0.39 is 0 Å². The number of pyridine rings is 1. The zero-order valence-corrected chi connectivity index (χ0v) is 8.71. The molecule has 0 spiro atoms. The average molecular weight is 241 g/mol. The van der Waals surface area contributed by atoms with Gasteiger partial charge in [-0.05, 0) is 35.0 Å². The third-order valence-electron chi connectivity index (χ3n) is 1.47. The Morgan fingerprint density at radius 1 is 1.62 bits per heavy atom. The number of ketones is 1. The molecule has 0 bridgehead atoms. The molecule has 0 fully saturated rings. The molecule has 1 aromatic rings. The number of hydrogen-bond donors (Lipinski definition) is 1. The van der Waals surface area contributed by atoms with Gasteiger partial charge in [-0.3, -0.25) is 9.78 Å². The molecular weight excluding hydrogens is 232 g/mol. The summed E-state index contributed by atoms with van der Waals surface area (Å²) in [5.74, 6) is -0.0145. The van der Waals surface area contributed by atoms with Gasteiger partial charge in [0.25, 0.3) is 0 Å². The summed E-state index contributed by atoms with van der Waals surface area (Å²) in [6.45, 7) is 1.48. The molecule has 3 nitrogen and oxygen atoms in total. The van der Waals surface area contributed by atoms with Crippen molar-refractivity contribution in [2.75, 3.05) is 5.73 Å². The molecule has 0 saturated carbocycles. The second-order valence-electron chi connectivity index (χ2n) is 2.57. The van der Waals surface area contributed by atoms with Gasteiger partial charge in [-0.25, -0.2) is 0 Å².